The third kappa shape index (κ3) is 2.62. The molecule has 0 atom stereocenters. The molecule has 0 nitrogen and oxygen atoms in total. The molecule has 0 saturated heterocycles. The number of rotatable bonds is 2. The van der Waals surface area contributed by atoms with Crippen LogP contribution in [-0.4, -0.2) is 0 Å². The molecule has 0 bridgehead atoms. The van der Waals surface area contributed by atoms with Gasteiger partial charge in [0.05, 0.1) is 0 Å². The molecule has 0 spiro atoms. The summed E-state index contributed by atoms with van der Waals surface area (Å²) in [7, 11) is 0. The van der Waals surface area contributed by atoms with E-state index < -0.39 is 0 Å². The van der Waals surface area contributed by atoms with E-state index in [4.69, 9.17) is 11.6 Å². The minimum atomic E-state index is 0.761. The molecule has 4 rings (SSSR count). The molecule has 0 heterocycles. The Morgan fingerprint density at radius 2 is 1.04 bits per heavy atom. The van der Waals surface area contributed by atoms with Crippen LogP contribution in [0, 0.1) is 0 Å². The van der Waals surface area contributed by atoms with Crippen molar-refractivity contribution in [3.63, 3.8) is 0 Å². The molecule has 4 aromatic carbocycles. The first-order chi connectivity index (χ1) is 11.3. The van der Waals surface area contributed by atoms with Gasteiger partial charge in [0.25, 0.3) is 0 Å². The lowest BCUT2D eigenvalue weighted by Crippen LogP contribution is -1.86. The van der Waals surface area contributed by atoms with Crippen molar-refractivity contribution in [2.45, 2.75) is 0 Å². The second-order valence-electron chi connectivity index (χ2n) is 5.58. The number of fused-ring (bicyclic) bond motifs is 1. The summed E-state index contributed by atoms with van der Waals surface area (Å²) in [5, 5.41) is 3.29. The molecule has 4 aromatic rings. The van der Waals surface area contributed by atoms with Crippen LogP contribution in [0.4, 0.5) is 0 Å². The Hall–Kier alpha value is -2.57. The van der Waals surface area contributed by atoms with Crippen LogP contribution in [-0.2, 0) is 0 Å². The highest BCUT2D eigenvalue weighted by molar-refractivity contribution is 6.30. The van der Waals surface area contributed by atoms with E-state index in [-0.39, 0.29) is 0 Å². The highest BCUT2D eigenvalue weighted by Crippen LogP contribution is 2.36. The maximum atomic E-state index is 6.04. The van der Waals surface area contributed by atoms with Crippen LogP contribution in [0.2, 0.25) is 5.02 Å². The highest BCUT2D eigenvalue weighted by Gasteiger charge is 2.09. The van der Waals surface area contributed by atoms with Gasteiger partial charge < -0.3 is 0 Å². The third-order valence-electron chi connectivity index (χ3n) is 4.14. The van der Waals surface area contributed by atoms with Gasteiger partial charge in [0.1, 0.15) is 0 Å². The van der Waals surface area contributed by atoms with E-state index in [1.807, 2.05) is 12.1 Å². The van der Waals surface area contributed by atoms with E-state index in [1.165, 1.54) is 33.0 Å². The molecule has 0 saturated carbocycles. The summed E-state index contributed by atoms with van der Waals surface area (Å²) in [6.07, 6.45) is 0. The summed E-state index contributed by atoms with van der Waals surface area (Å²) < 4.78 is 0. The summed E-state index contributed by atoms with van der Waals surface area (Å²) in [5.74, 6) is 0. The predicted octanol–water partition coefficient (Wildman–Crippen LogP) is 6.83. The number of hydrogen-bond donors (Lipinski definition) is 0. The Bertz CT molecular complexity index is 949. The molecule has 0 N–H and O–H groups in total. The molecule has 0 radical (unpaired) electrons. The molecule has 110 valence electrons. The monoisotopic (exact) mass is 314 g/mol. The zero-order valence-electron chi connectivity index (χ0n) is 12.5. The topological polar surface area (TPSA) is 0 Å². The molecular formula is C22H15Cl. The van der Waals surface area contributed by atoms with Crippen molar-refractivity contribution in [1.82, 2.24) is 0 Å². The maximum absolute atomic E-state index is 6.04. The second-order valence-corrected chi connectivity index (χ2v) is 6.02. The maximum Gasteiger partial charge on any atom is 0.0406 e. The van der Waals surface area contributed by atoms with Gasteiger partial charge in [0.2, 0.25) is 0 Å². The van der Waals surface area contributed by atoms with E-state index in [0.29, 0.717) is 0 Å². The predicted molar refractivity (Wildman–Crippen MR) is 99.8 cm³/mol. The van der Waals surface area contributed by atoms with E-state index in [0.717, 1.165) is 5.02 Å². The minimum absolute atomic E-state index is 0.761. The summed E-state index contributed by atoms with van der Waals surface area (Å²) in [4.78, 5) is 0. The van der Waals surface area contributed by atoms with Crippen LogP contribution in [0.5, 0.6) is 0 Å². The van der Waals surface area contributed by atoms with Crippen molar-refractivity contribution < 1.29 is 0 Å². The lowest BCUT2D eigenvalue weighted by atomic mass is 9.91. The van der Waals surface area contributed by atoms with Crippen molar-refractivity contribution in [1.29, 1.82) is 0 Å². The van der Waals surface area contributed by atoms with Gasteiger partial charge in [0, 0.05) is 5.02 Å². The first kappa shape index (κ1) is 14.0. The fourth-order valence-corrected chi connectivity index (χ4v) is 3.20. The first-order valence-electron chi connectivity index (χ1n) is 7.66. The lowest BCUT2D eigenvalue weighted by molar-refractivity contribution is 1.62. The molecule has 0 amide bonds. The smallest absolute Gasteiger partial charge is 0.0406 e. The van der Waals surface area contributed by atoms with Gasteiger partial charge in [-0.2, -0.15) is 0 Å². The molecule has 23 heavy (non-hydrogen) atoms. The molecule has 0 fully saturated rings. The molecule has 0 unspecified atom stereocenters. The molecule has 0 aliphatic rings. The Morgan fingerprint density at radius 1 is 0.478 bits per heavy atom. The van der Waals surface area contributed by atoms with Gasteiger partial charge in [-0.15, -0.1) is 0 Å². The van der Waals surface area contributed by atoms with Crippen LogP contribution in [0.3, 0.4) is 0 Å². The first-order valence-corrected chi connectivity index (χ1v) is 8.04. The van der Waals surface area contributed by atoms with Crippen molar-refractivity contribution in [3.8, 4) is 22.3 Å². The van der Waals surface area contributed by atoms with Crippen LogP contribution >= 0.6 is 11.6 Å². The fraction of sp³-hybridized carbons (Fsp3) is 0. The van der Waals surface area contributed by atoms with E-state index >= 15 is 0 Å². The largest absolute Gasteiger partial charge is 0.0843 e. The van der Waals surface area contributed by atoms with Crippen molar-refractivity contribution in [3.05, 3.63) is 96.0 Å². The summed E-state index contributed by atoms with van der Waals surface area (Å²) >= 11 is 6.04. The summed E-state index contributed by atoms with van der Waals surface area (Å²) in [5.41, 5.74) is 4.91. The number of halogens is 1. The summed E-state index contributed by atoms with van der Waals surface area (Å²) in [6, 6.07) is 31.5. The Morgan fingerprint density at radius 3 is 1.65 bits per heavy atom. The normalized spacial score (nSPS) is 10.8. The zero-order chi connectivity index (χ0) is 15.6. The zero-order valence-corrected chi connectivity index (χ0v) is 13.3. The Kier molecular flexibility index (Phi) is 3.61. The van der Waals surface area contributed by atoms with Gasteiger partial charge >= 0.3 is 0 Å². The number of benzene rings is 4. The SMILES string of the molecule is Clc1ccc(-c2cccc3cccc(-c4ccccc4)c23)cc1. The molecule has 0 aliphatic carbocycles. The van der Waals surface area contributed by atoms with Crippen LogP contribution < -0.4 is 0 Å². The van der Waals surface area contributed by atoms with Crippen LogP contribution in [0.1, 0.15) is 0 Å². The van der Waals surface area contributed by atoms with Gasteiger partial charge in [-0.25, -0.2) is 0 Å². The van der Waals surface area contributed by atoms with Gasteiger partial charge in [0.15, 0.2) is 0 Å². The molecule has 0 aromatic heterocycles. The lowest BCUT2D eigenvalue weighted by Gasteiger charge is -2.12. The fourth-order valence-electron chi connectivity index (χ4n) is 3.07. The van der Waals surface area contributed by atoms with Crippen LogP contribution in [0.15, 0.2) is 91.0 Å². The van der Waals surface area contributed by atoms with E-state index in [1.54, 1.807) is 0 Å². The standard InChI is InChI=1S/C22H15Cl/c23-19-14-12-17(13-15-19)21-11-5-9-18-8-4-10-20(22(18)21)16-6-2-1-3-7-16/h1-15H. The summed E-state index contributed by atoms with van der Waals surface area (Å²) in [6.45, 7) is 0. The third-order valence-corrected chi connectivity index (χ3v) is 4.40. The molecule has 1 heteroatoms. The van der Waals surface area contributed by atoms with Gasteiger partial charge in [-0.1, -0.05) is 90.5 Å². The van der Waals surface area contributed by atoms with Crippen LogP contribution in [0.25, 0.3) is 33.0 Å². The Balaban J connectivity index is 2.04. The Labute approximate surface area is 141 Å². The minimum Gasteiger partial charge on any atom is -0.0843 e. The quantitative estimate of drug-likeness (QED) is 0.380. The van der Waals surface area contributed by atoms with Gasteiger partial charge in [-0.05, 0) is 45.2 Å². The van der Waals surface area contributed by atoms with Crippen molar-refractivity contribution in [2.24, 2.45) is 0 Å². The molecular weight excluding hydrogens is 300 g/mol. The number of hydrogen-bond acceptors (Lipinski definition) is 0. The molecule has 0 aliphatic heterocycles. The second kappa shape index (κ2) is 5.91. The average Bonchev–Trinajstić information content (AvgIpc) is 2.62. The van der Waals surface area contributed by atoms with Crippen molar-refractivity contribution >= 4 is 22.4 Å². The average molecular weight is 315 g/mol. The van der Waals surface area contributed by atoms with Crippen molar-refractivity contribution in [2.75, 3.05) is 0 Å². The van der Waals surface area contributed by atoms with E-state index in [9.17, 15) is 0 Å². The van der Waals surface area contributed by atoms with E-state index in [2.05, 4.69) is 78.9 Å². The van der Waals surface area contributed by atoms with Gasteiger partial charge in [-0.3, -0.25) is 0 Å². The highest BCUT2D eigenvalue weighted by atomic mass is 35.5.